The van der Waals surface area contributed by atoms with Crippen molar-refractivity contribution >= 4 is 11.0 Å². The van der Waals surface area contributed by atoms with Gasteiger partial charge in [-0.05, 0) is 133 Å². The summed E-state index contributed by atoms with van der Waals surface area (Å²) in [6.45, 7) is 4.54. The molecule has 0 aliphatic heterocycles. The topological polar surface area (TPSA) is 9.86 Å². The van der Waals surface area contributed by atoms with E-state index in [1.54, 1.807) is 0 Å². The van der Waals surface area contributed by atoms with Gasteiger partial charge in [-0.25, -0.2) is 8.78 Å². The fourth-order valence-electron chi connectivity index (χ4n) is 7.93. The van der Waals surface area contributed by atoms with E-state index in [9.17, 15) is 8.78 Å². The second-order valence-corrected chi connectivity index (χ2v) is 15.3. The molecule has 0 radical (unpaired) electrons. The number of nitrogens with zero attached hydrogens (tertiary/aromatic N) is 2. The average Bonchev–Trinajstić information content (AvgIpc) is 3.75. The molecule has 2 nitrogen and oxygen atoms in total. The van der Waals surface area contributed by atoms with Crippen molar-refractivity contribution in [3.8, 4) is 33.9 Å². The highest BCUT2D eigenvalue weighted by molar-refractivity contribution is 5.93. The van der Waals surface area contributed by atoms with E-state index in [4.69, 9.17) is 0 Å². The van der Waals surface area contributed by atoms with Crippen molar-refractivity contribution in [3.05, 3.63) is 132 Å². The van der Waals surface area contributed by atoms with Gasteiger partial charge in [-0.15, -0.1) is 0 Å². The van der Waals surface area contributed by atoms with Gasteiger partial charge in [-0.3, -0.25) is 0 Å². The van der Waals surface area contributed by atoms with Gasteiger partial charge in [0.05, 0.1) is 22.4 Å². The third kappa shape index (κ3) is 10.4. The highest BCUT2D eigenvalue weighted by Gasteiger charge is 2.21. The number of unbranched alkanes of at least 4 members (excludes halogenated alkanes) is 14. The molecule has 0 unspecified atom stereocenters. The fraction of sp³-hybridized carbons (Fsp3) is 0.400. The zero-order valence-electron chi connectivity index (χ0n) is 32.8. The van der Waals surface area contributed by atoms with Gasteiger partial charge in [0.1, 0.15) is 11.6 Å². The molecule has 0 N–H and O–H groups in total. The smallest absolute Gasteiger partial charge is 0.123 e. The van der Waals surface area contributed by atoms with Crippen molar-refractivity contribution in [3.63, 3.8) is 0 Å². The van der Waals surface area contributed by atoms with Crippen LogP contribution in [0.5, 0.6) is 0 Å². The first-order chi connectivity index (χ1) is 26.6. The lowest BCUT2D eigenvalue weighted by Crippen LogP contribution is -1.98. The molecule has 0 aliphatic rings. The van der Waals surface area contributed by atoms with Crippen molar-refractivity contribution in [2.24, 2.45) is 0 Å². The minimum atomic E-state index is -0.248. The third-order valence-corrected chi connectivity index (χ3v) is 11.1. The molecule has 54 heavy (non-hydrogen) atoms. The number of aromatic nitrogens is 2. The van der Waals surface area contributed by atoms with Crippen LogP contribution in [0.1, 0.15) is 128 Å². The lowest BCUT2D eigenvalue weighted by atomic mass is 10.0. The van der Waals surface area contributed by atoms with Crippen LogP contribution in [-0.2, 0) is 12.8 Å². The van der Waals surface area contributed by atoms with Crippen molar-refractivity contribution in [2.45, 2.75) is 129 Å². The summed E-state index contributed by atoms with van der Waals surface area (Å²) in [6, 6.07) is 36.0. The predicted octanol–water partition coefficient (Wildman–Crippen LogP) is 15.4. The van der Waals surface area contributed by atoms with Crippen molar-refractivity contribution in [1.82, 2.24) is 9.13 Å². The maximum absolute atomic E-state index is 14.2. The Hall–Kier alpha value is -4.44. The van der Waals surface area contributed by atoms with Gasteiger partial charge in [0.15, 0.2) is 0 Å². The molecule has 4 heteroatoms. The molecule has 2 aromatic heterocycles. The maximum Gasteiger partial charge on any atom is 0.123 e. The number of hydrogen-bond acceptors (Lipinski definition) is 0. The van der Waals surface area contributed by atoms with E-state index in [1.165, 1.54) is 138 Å². The maximum atomic E-state index is 14.2. The lowest BCUT2D eigenvalue weighted by molar-refractivity contribution is 0.575. The van der Waals surface area contributed by atoms with Crippen LogP contribution < -0.4 is 0 Å². The molecule has 0 bridgehead atoms. The molecule has 284 valence electrons. The number of halogens is 2. The minimum Gasteiger partial charge on any atom is -0.308 e. The Morgan fingerprint density at radius 2 is 0.685 bits per heavy atom. The van der Waals surface area contributed by atoms with Crippen molar-refractivity contribution < 1.29 is 8.78 Å². The molecular formula is C50H60F2N2. The molecule has 0 spiro atoms. The van der Waals surface area contributed by atoms with E-state index < -0.39 is 0 Å². The molecule has 4 aromatic carbocycles. The van der Waals surface area contributed by atoms with E-state index in [2.05, 4.69) is 83.6 Å². The Labute approximate surface area is 323 Å². The Balaban J connectivity index is 1.29. The molecule has 6 rings (SSSR count). The van der Waals surface area contributed by atoms with Gasteiger partial charge in [0, 0.05) is 11.4 Å². The van der Waals surface area contributed by atoms with E-state index in [-0.39, 0.29) is 11.6 Å². The van der Waals surface area contributed by atoms with Crippen LogP contribution >= 0.6 is 0 Å². The lowest BCUT2D eigenvalue weighted by Gasteiger charge is -2.13. The minimum absolute atomic E-state index is 0.248. The standard InChI is InChI=1S/C50H60F2N2/c1-3-5-7-9-11-13-15-17-19-39-21-33-45(34-22-39)53-47(41-25-29-43(51)30-26-41)37-50-49(53)38-48(42-27-31-44(52)32-28-42)54(50)46-35-23-40(24-36-46)20-18-16-14-12-10-8-6-4-2/h21-38H,3-20H2,1-2H3. The normalized spacial score (nSPS) is 11.6. The first-order valence-corrected chi connectivity index (χ1v) is 21.0. The van der Waals surface area contributed by atoms with E-state index in [0.717, 1.165) is 57.8 Å². The van der Waals surface area contributed by atoms with Crippen molar-refractivity contribution in [2.75, 3.05) is 0 Å². The Kier molecular flexibility index (Phi) is 14.8. The van der Waals surface area contributed by atoms with Crippen LogP contribution in [0.4, 0.5) is 8.78 Å². The van der Waals surface area contributed by atoms with Gasteiger partial charge in [0.2, 0.25) is 0 Å². The zero-order chi connectivity index (χ0) is 37.5. The zero-order valence-corrected chi connectivity index (χ0v) is 32.8. The van der Waals surface area contributed by atoms with E-state index in [0.29, 0.717) is 0 Å². The van der Waals surface area contributed by atoms with Crippen LogP contribution in [-0.4, -0.2) is 9.13 Å². The van der Waals surface area contributed by atoms with Crippen LogP contribution in [0.3, 0.4) is 0 Å². The average molecular weight is 727 g/mol. The number of rotatable bonds is 22. The summed E-state index contributed by atoms with van der Waals surface area (Å²) < 4.78 is 32.9. The number of benzene rings is 4. The number of hydrogen-bond donors (Lipinski definition) is 0. The monoisotopic (exact) mass is 726 g/mol. The predicted molar refractivity (Wildman–Crippen MR) is 226 cm³/mol. The van der Waals surface area contributed by atoms with Gasteiger partial charge in [0.25, 0.3) is 0 Å². The van der Waals surface area contributed by atoms with Crippen LogP contribution in [0.25, 0.3) is 44.9 Å². The highest BCUT2D eigenvalue weighted by atomic mass is 19.1. The number of fused-ring (bicyclic) bond motifs is 1. The second-order valence-electron chi connectivity index (χ2n) is 15.3. The molecule has 0 saturated carbocycles. The molecule has 0 saturated heterocycles. The van der Waals surface area contributed by atoms with Crippen molar-refractivity contribution in [1.29, 1.82) is 0 Å². The summed E-state index contributed by atoms with van der Waals surface area (Å²) in [6.07, 6.45) is 23.2. The van der Waals surface area contributed by atoms with Gasteiger partial charge in [-0.1, -0.05) is 128 Å². The van der Waals surface area contributed by atoms with Gasteiger partial charge in [-0.2, -0.15) is 0 Å². The molecule has 0 aliphatic carbocycles. The molecule has 0 fully saturated rings. The second kappa shape index (κ2) is 20.3. The summed E-state index contributed by atoms with van der Waals surface area (Å²) in [5, 5.41) is 0. The summed E-state index contributed by atoms with van der Waals surface area (Å²) in [4.78, 5) is 0. The molecule has 6 aromatic rings. The van der Waals surface area contributed by atoms with E-state index in [1.807, 2.05) is 24.3 Å². The summed E-state index contributed by atoms with van der Waals surface area (Å²) in [5.41, 5.74) is 10.8. The SMILES string of the molecule is CCCCCCCCCCc1ccc(-n2c(-c3ccc(F)cc3)cc3c2cc(-c2ccc(F)cc2)n3-c2ccc(CCCCCCCCCC)cc2)cc1. The molecule has 0 atom stereocenters. The highest BCUT2D eigenvalue weighted by Crippen LogP contribution is 2.39. The van der Waals surface area contributed by atoms with Crippen LogP contribution in [0.2, 0.25) is 0 Å². The summed E-state index contributed by atoms with van der Waals surface area (Å²) in [7, 11) is 0. The Morgan fingerprint density at radius 1 is 0.370 bits per heavy atom. The third-order valence-electron chi connectivity index (χ3n) is 11.1. The molecular weight excluding hydrogens is 667 g/mol. The summed E-state index contributed by atoms with van der Waals surface area (Å²) >= 11 is 0. The fourth-order valence-corrected chi connectivity index (χ4v) is 7.93. The Bertz CT molecular complexity index is 1830. The Morgan fingerprint density at radius 3 is 1.02 bits per heavy atom. The molecule has 2 heterocycles. The largest absolute Gasteiger partial charge is 0.308 e. The van der Waals surface area contributed by atoms with Crippen LogP contribution in [0.15, 0.2) is 109 Å². The quantitative estimate of drug-likeness (QED) is 0.0617. The first-order valence-electron chi connectivity index (χ1n) is 21.0. The summed E-state index contributed by atoms with van der Waals surface area (Å²) in [5.74, 6) is -0.496. The number of aryl methyl sites for hydroxylation is 2. The first kappa shape index (κ1) is 39.3. The molecule has 0 amide bonds. The van der Waals surface area contributed by atoms with E-state index >= 15 is 0 Å². The van der Waals surface area contributed by atoms with Gasteiger partial charge < -0.3 is 9.13 Å². The van der Waals surface area contributed by atoms with Crippen LogP contribution in [0, 0.1) is 11.6 Å². The van der Waals surface area contributed by atoms with Gasteiger partial charge >= 0.3 is 0 Å².